The van der Waals surface area contributed by atoms with E-state index < -0.39 is 5.82 Å². The number of nitrogens with one attached hydrogen (secondary N) is 1. The lowest BCUT2D eigenvalue weighted by atomic mass is 10.1. The maximum atomic E-state index is 13.4. The van der Waals surface area contributed by atoms with Crippen LogP contribution >= 0.6 is 22.9 Å². The minimum Gasteiger partial charge on any atom is -0.510 e. The molecule has 1 aliphatic rings. The van der Waals surface area contributed by atoms with Crippen molar-refractivity contribution in [3.63, 3.8) is 0 Å². The van der Waals surface area contributed by atoms with Gasteiger partial charge in [-0.15, -0.1) is 11.3 Å². The van der Waals surface area contributed by atoms with Crippen molar-refractivity contribution in [2.45, 2.75) is 6.92 Å². The molecule has 27 heavy (non-hydrogen) atoms. The summed E-state index contributed by atoms with van der Waals surface area (Å²) >= 11 is 7.30. The van der Waals surface area contributed by atoms with Gasteiger partial charge in [-0.05, 0) is 25.1 Å². The second-order valence-corrected chi connectivity index (χ2v) is 7.76. The molecule has 0 saturated carbocycles. The number of aromatic nitrogens is 1. The van der Waals surface area contributed by atoms with Crippen molar-refractivity contribution < 1.29 is 9.50 Å². The average Bonchev–Trinajstić information content (AvgIpc) is 3.17. The van der Waals surface area contributed by atoms with Crippen LogP contribution in [0.25, 0.3) is 16.8 Å². The van der Waals surface area contributed by atoms with Gasteiger partial charge in [0.1, 0.15) is 22.4 Å². The van der Waals surface area contributed by atoms with Gasteiger partial charge < -0.3 is 10.0 Å². The van der Waals surface area contributed by atoms with Crippen molar-refractivity contribution >= 4 is 40.0 Å². The average molecular weight is 400 g/mol. The fourth-order valence-corrected chi connectivity index (χ4v) is 4.22. The summed E-state index contributed by atoms with van der Waals surface area (Å²) in [6.07, 6.45) is 0. The van der Waals surface area contributed by atoms with Crippen LogP contribution in [0.5, 0.6) is 0 Å². The van der Waals surface area contributed by atoms with Crippen LogP contribution in [0.15, 0.2) is 54.3 Å². The molecule has 7 heteroatoms. The van der Waals surface area contributed by atoms with Gasteiger partial charge in [0, 0.05) is 16.1 Å². The lowest BCUT2D eigenvalue weighted by molar-refractivity contribution is 0.411. The Kier molecular flexibility index (Phi) is 4.45. The van der Waals surface area contributed by atoms with Gasteiger partial charge in [-0.3, -0.25) is 5.41 Å². The molecular weight excluding hydrogens is 385 g/mol. The molecule has 136 valence electrons. The van der Waals surface area contributed by atoms with Crippen molar-refractivity contribution in [3.8, 4) is 11.3 Å². The Bertz CT molecular complexity index is 1080. The number of anilines is 1. The van der Waals surface area contributed by atoms with E-state index in [1.165, 1.54) is 29.5 Å². The van der Waals surface area contributed by atoms with Gasteiger partial charge in [0.25, 0.3) is 0 Å². The predicted molar refractivity (Wildman–Crippen MR) is 108 cm³/mol. The summed E-state index contributed by atoms with van der Waals surface area (Å²) in [5, 5.41) is 19.6. The third kappa shape index (κ3) is 3.11. The molecule has 0 aliphatic carbocycles. The fraction of sp³-hybridized carbons (Fsp3) is 0.100. The monoisotopic (exact) mass is 399 g/mol. The number of rotatable bonds is 3. The molecule has 4 rings (SSSR count). The third-order valence-corrected chi connectivity index (χ3v) is 5.65. The molecule has 3 aromatic rings. The number of hydrogen-bond acceptors (Lipinski definition) is 4. The van der Waals surface area contributed by atoms with E-state index in [2.05, 4.69) is 4.98 Å². The normalized spacial score (nSPS) is 14.3. The Morgan fingerprint density at radius 1 is 1.22 bits per heavy atom. The zero-order valence-electron chi connectivity index (χ0n) is 14.3. The first kappa shape index (κ1) is 17.7. The van der Waals surface area contributed by atoms with Crippen LogP contribution in [0.4, 0.5) is 10.1 Å². The third-order valence-electron chi connectivity index (χ3n) is 4.38. The number of amidine groups is 1. The van der Waals surface area contributed by atoms with E-state index in [1.54, 1.807) is 4.90 Å². The second-order valence-electron chi connectivity index (χ2n) is 6.14. The lowest BCUT2D eigenvalue weighted by Crippen LogP contribution is -2.26. The first-order valence-electron chi connectivity index (χ1n) is 8.22. The molecule has 0 bridgehead atoms. The van der Waals surface area contributed by atoms with E-state index in [9.17, 15) is 9.50 Å². The number of aliphatic hydroxyl groups is 1. The topological polar surface area (TPSA) is 60.2 Å². The summed E-state index contributed by atoms with van der Waals surface area (Å²) in [5.74, 6) is -0.344. The lowest BCUT2D eigenvalue weighted by Gasteiger charge is -2.18. The molecule has 2 aromatic carbocycles. The Morgan fingerprint density at radius 2 is 1.96 bits per heavy atom. The minimum atomic E-state index is -0.522. The van der Waals surface area contributed by atoms with Crippen molar-refractivity contribution in [1.29, 1.82) is 5.41 Å². The summed E-state index contributed by atoms with van der Waals surface area (Å²) in [7, 11) is 0. The van der Waals surface area contributed by atoms with Crippen molar-refractivity contribution in [3.05, 3.63) is 75.0 Å². The van der Waals surface area contributed by atoms with Crippen LogP contribution in [0.3, 0.4) is 0 Å². The molecule has 0 fully saturated rings. The highest BCUT2D eigenvalue weighted by Gasteiger charge is 2.32. The molecule has 4 nitrogen and oxygen atoms in total. The maximum Gasteiger partial charge on any atom is 0.141 e. The fourth-order valence-electron chi connectivity index (χ4n) is 3.04. The number of halogens is 2. The van der Waals surface area contributed by atoms with Gasteiger partial charge in [-0.1, -0.05) is 41.9 Å². The number of hydrogen-bond donors (Lipinski definition) is 2. The molecule has 0 spiro atoms. The Hall–Kier alpha value is -2.70. The first-order chi connectivity index (χ1) is 13.0. The molecule has 0 atom stereocenters. The molecule has 0 saturated heterocycles. The molecule has 2 N–H and O–H groups in total. The summed E-state index contributed by atoms with van der Waals surface area (Å²) in [5.41, 5.74) is 2.77. The van der Waals surface area contributed by atoms with Crippen LogP contribution in [-0.2, 0) is 0 Å². The smallest absolute Gasteiger partial charge is 0.141 e. The highest BCUT2D eigenvalue weighted by Crippen LogP contribution is 2.37. The zero-order valence-corrected chi connectivity index (χ0v) is 15.9. The van der Waals surface area contributed by atoms with E-state index in [-0.39, 0.29) is 23.2 Å². The van der Waals surface area contributed by atoms with Crippen LogP contribution in [0.2, 0.25) is 5.02 Å². The Labute approximate surface area is 164 Å². The van der Waals surface area contributed by atoms with E-state index in [4.69, 9.17) is 17.0 Å². The summed E-state index contributed by atoms with van der Waals surface area (Å²) in [6, 6.07) is 14.0. The van der Waals surface area contributed by atoms with E-state index in [0.29, 0.717) is 16.3 Å². The molecule has 1 aliphatic heterocycles. The number of aliphatic hydroxyl groups excluding tert-OH is 1. The van der Waals surface area contributed by atoms with Gasteiger partial charge in [-0.2, -0.15) is 0 Å². The zero-order chi connectivity index (χ0) is 19.1. The highest BCUT2D eigenvalue weighted by molar-refractivity contribution is 7.13. The quantitative estimate of drug-likeness (QED) is 0.595. The van der Waals surface area contributed by atoms with Gasteiger partial charge in [0.05, 0.1) is 22.8 Å². The Balaban J connectivity index is 1.69. The van der Waals surface area contributed by atoms with Gasteiger partial charge in [0.2, 0.25) is 0 Å². The molecular formula is C20H15ClFN3OS. The van der Waals surface area contributed by atoms with Crippen LogP contribution in [0.1, 0.15) is 9.88 Å². The standard InChI is InChI=1S/C20H15ClFN3OS/c1-11-18(12-5-3-2-4-6-12)24-20(27-11)17-16(26)10-25(19(17)23)13-7-8-15(22)14(21)9-13/h2-9,23,26H,10H2,1H3. The largest absolute Gasteiger partial charge is 0.510 e. The molecule has 0 unspecified atom stereocenters. The minimum absolute atomic E-state index is 0.0234. The number of nitrogens with zero attached hydrogens (tertiary/aromatic N) is 2. The SMILES string of the molecule is Cc1sc(C2=C(O)CN(c3ccc(F)c(Cl)c3)C2=N)nc1-c1ccccc1. The van der Waals surface area contributed by atoms with Gasteiger partial charge in [-0.25, -0.2) is 9.37 Å². The molecule has 2 heterocycles. The van der Waals surface area contributed by atoms with E-state index >= 15 is 0 Å². The summed E-state index contributed by atoms with van der Waals surface area (Å²) < 4.78 is 13.4. The van der Waals surface area contributed by atoms with Crippen LogP contribution < -0.4 is 4.90 Å². The van der Waals surface area contributed by atoms with Crippen molar-refractivity contribution in [2.75, 3.05) is 11.4 Å². The number of benzene rings is 2. The first-order valence-corrected chi connectivity index (χ1v) is 9.42. The molecule has 1 aromatic heterocycles. The van der Waals surface area contributed by atoms with Gasteiger partial charge in [0.15, 0.2) is 0 Å². The number of thiazole rings is 1. The molecule has 0 amide bonds. The highest BCUT2D eigenvalue weighted by atomic mass is 35.5. The van der Waals surface area contributed by atoms with Gasteiger partial charge >= 0.3 is 0 Å². The van der Waals surface area contributed by atoms with Crippen LogP contribution in [-0.4, -0.2) is 22.5 Å². The van der Waals surface area contributed by atoms with Crippen LogP contribution in [0, 0.1) is 18.2 Å². The summed E-state index contributed by atoms with van der Waals surface area (Å²) in [6.45, 7) is 2.09. The summed E-state index contributed by atoms with van der Waals surface area (Å²) in [4.78, 5) is 7.26. The van der Waals surface area contributed by atoms with E-state index in [1.807, 2.05) is 37.3 Å². The van der Waals surface area contributed by atoms with E-state index in [0.717, 1.165) is 16.1 Å². The second kappa shape index (κ2) is 6.79. The van der Waals surface area contributed by atoms with Crippen molar-refractivity contribution in [2.24, 2.45) is 0 Å². The maximum absolute atomic E-state index is 13.4. The predicted octanol–water partition coefficient (Wildman–Crippen LogP) is 5.68. The Morgan fingerprint density at radius 3 is 2.67 bits per heavy atom. The molecule has 0 radical (unpaired) electrons. The van der Waals surface area contributed by atoms with Crippen molar-refractivity contribution in [1.82, 2.24) is 4.98 Å². The number of aryl methyl sites for hydroxylation is 1.